The predicted octanol–water partition coefficient (Wildman–Crippen LogP) is -3.07. The Bertz CT molecular complexity index is 537. The number of carboxylic acids is 1. The van der Waals surface area contributed by atoms with Crippen molar-refractivity contribution in [3.63, 3.8) is 0 Å². The van der Waals surface area contributed by atoms with Crippen molar-refractivity contribution >= 4 is 23.7 Å². The van der Waals surface area contributed by atoms with E-state index >= 15 is 0 Å². The molecule has 0 radical (unpaired) electrons. The van der Waals surface area contributed by atoms with Crippen molar-refractivity contribution in [3.05, 3.63) is 0 Å². The van der Waals surface area contributed by atoms with Crippen molar-refractivity contribution in [3.8, 4) is 0 Å². The molecule has 0 rings (SSSR count). The minimum absolute atomic E-state index is 0.0664. The third kappa shape index (κ3) is 10.6. The van der Waals surface area contributed by atoms with Crippen LogP contribution in [0.25, 0.3) is 0 Å². The van der Waals surface area contributed by atoms with Gasteiger partial charge < -0.3 is 43.8 Å². The second kappa shape index (κ2) is 13.7. The number of hydrogen-bond donors (Lipinski definition) is 8. The van der Waals surface area contributed by atoms with Gasteiger partial charge in [-0.15, -0.1) is 0 Å². The fraction of sp³-hybridized carbons (Fsp3) is 0.750. The fourth-order valence-corrected chi connectivity index (χ4v) is 2.33. The van der Waals surface area contributed by atoms with Crippen LogP contribution in [0.3, 0.4) is 0 Å². The first-order valence-corrected chi connectivity index (χ1v) is 9.12. The highest BCUT2D eigenvalue weighted by molar-refractivity contribution is 5.92. The summed E-state index contributed by atoms with van der Waals surface area (Å²) in [5.74, 6) is -2.81. The zero-order valence-electron chi connectivity index (χ0n) is 16.1. The number of carbonyl (C=O) groups excluding carboxylic acids is 2. The Morgan fingerprint density at radius 3 is 2.18 bits per heavy atom. The highest BCUT2D eigenvalue weighted by atomic mass is 16.4. The number of amides is 2. The van der Waals surface area contributed by atoms with Crippen LogP contribution >= 0.6 is 0 Å². The number of hydrogen-bond acceptors (Lipinski definition) is 7. The number of nitrogens with two attached hydrogens (primary N) is 4. The normalized spacial score (nSPS) is 15.0. The Hall–Kier alpha value is -2.44. The number of guanidine groups is 1. The summed E-state index contributed by atoms with van der Waals surface area (Å²) < 4.78 is 0. The van der Waals surface area contributed by atoms with E-state index in [9.17, 15) is 24.6 Å². The molecule has 2 amide bonds. The number of rotatable bonds is 14. The van der Waals surface area contributed by atoms with Gasteiger partial charge in [-0.1, -0.05) is 6.42 Å². The van der Waals surface area contributed by atoms with E-state index in [0.717, 1.165) is 0 Å². The van der Waals surface area contributed by atoms with Gasteiger partial charge in [0.15, 0.2) is 5.96 Å². The number of aliphatic imine (C=N–C) groups is 1. The number of nitrogens with zero attached hydrogens (tertiary/aromatic N) is 1. The minimum atomic E-state index is -1.34. The van der Waals surface area contributed by atoms with Gasteiger partial charge in [-0.3, -0.25) is 14.6 Å². The van der Waals surface area contributed by atoms with E-state index in [2.05, 4.69) is 15.6 Å². The Morgan fingerprint density at radius 1 is 1.04 bits per heavy atom. The molecule has 0 spiro atoms. The SMILES string of the molecule is CC(O)C(NC(=O)C(N)CCCCN)C(=O)NC(CCCN=C(N)N)C(=O)O. The van der Waals surface area contributed by atoms with Crippen LogP contribution in [0, 0.1) is 0 Å². The first-order chi connectivity index (χ1) is 13.1. The van der Waals surface area contributed by atoms with Gasteiger partial charge in [0.2, 0.25) is 11.8 Å². The molecule has 0 saturated carbocycles. The second-order valence-corrected chi connectivity index (χ2v) is 6.47. The molecule has 4 unspecified atom stereocenters. The largest absolute Gasteiger partial charge is 0.480 e. The van der Waals surface area contributed by atoms with Gasteiger partial charge >= 0.3 is 5.97 Å². The Balaban J connectivity index is 4.81. The maximum Gasteiger partial charge on any atom is 0.326 e. The smallest absolute Gasteiger partial charge is 0.326 e. The number of aliphatic hydroxyl groups excluding tert-OH is 1. The molecular formula is C16H33N7O5. The predicted molar refractivity (Wildman–Crippen MR) is 104 cm³/mol. The first-order valence-electron chi connectivity index (χ1n) is 9.12. The molecule has 0 heterocycles. The van der Waals surface area contributed by atoms with Crippen molar-refractivity contribution in [2.45, 2.75) is 63.3 Å². The van der Waals surface area contributed by atoms with Crippen LogP contribution in [0.1, 0.15) is 39.0 Å². The number of aliphatic carboxylic acids is 1. The van der Waals surface area contributed by atoms with E-state index in [0.29, 0.717) is 32.2 Å². The Morgan fingerprint density at radius 2 is 1.68 bits per heavy atom. The third-order valence-corrected chi connectivity index (χ3v) is 3.93. The van der Waals surface area contributed by atoms with Crippen molar-refractivity contribution in [1.82, 2.24) is 10.6 Å². The maximum absolute atomic E-state index is 12.4. The standard InChI is InChI=1S/C16H33N7O5/c1-9(24)12(23-13(25)10(18)5-2-3-7-17)14(26)22-11(15(27)28)6-4-8-21-16(19)20/h9-12,24H,2-8,17-18H2,1H3,(H,22,26)(H,23,25)(H,27,28)(H4,19,20,21). The second-order valence-electron chi connectivity index (χ2n) is 6.47. The molecule has 12 nitrogen and oxygen atoms in total. The van der Waals surface area contributed by atoms with E-state index in [-0.39, 0.29) is 18.9 Å². The van der Waals surface area contributed by atoms with Crippen LogP contribution < -0.4 is 33.6 Å². The number of nitrogens with one attached hydrogen (secondary N) is 2. The lowest BCUT2D eigenvalue weighted by molar-refractivity contribution is -0.143. The monoisotopic (exact) mass is 403 g/mol. The number of unbranched alkanes of at least 4 members (excludes halogenated alkanes) is 1. The zero-order chi connectivity index (χ0) is 21.7. The molecule has 0 aromatic carbocycles. The summed E-state index contributed by atoms with van der Waals surface area (Å²) >= 11 is 0. The topological polar surface area (TPSA) is 232 Å². The molecule has 0 aliphatic heterocycles. The molecule has 12 heteroatoms. The fourth-order valence-electron chi connectivity index (χ4n) is 2.33. The van der Waals surface area contributed by atoms with Crippen LogP contribution in [-0.2, 0) is 14.4 Å². The molecule has 0 aliphatic rings. The van der Waals surface area contributed by atoms with Crippen LogP contribution in [-0.4, -0.2) is 71.3 Å². The van der Waals surface area contributed by atoms with E-state index in [1.807, 2.05) is 0 Å². The van der Waals surface area contributed by atoms with Crippen molar-refractivity contribution in [2.24, 2.45) is 27.9 Å². The summed E-state index contributed by atoms with van der Waals surface area (Å²) in [6.45, 7) is 1.99. The lowest BCUT2D eigenvalue weighted by atomic mass is 10.1. The first kappa shape index (κ1) is 25.6. The third-order valence-electron chi connectivity index (χ3n) is 3.93. The van der Waals surface area contributed by atoms with E-state index in [4.69, 9.17) is 22.9 Å². The Labute approximate surface area is 164 Å². The quantitative estimate of drug-likeness (QED) is 0.0833. The van der Waals surface area contributed by atoms with Gasteiger partial charge in [0.1, 0.15) is 12.1 Å². The number of carboxylic acid groups (broad SMARTS) is 1. The summed E-state index contributed by atoms with van der Waals surface area (Å²) in [6, 6.07) is -3.43. The van der Waals surface area contributed by atoms with Gasteiger partial charge in [-0.2, -0.15) is 0 Å². The van der Waals surface area contributed by atoms with Gasteiger partial charge in [0, 0.05) is 6.54 Å². The summed E-state index contributed by atoms with van der Waals surface area (Å²) in [4.78, 5) is 39.6. The van der Waals surface area contributed by atoms with Gasteiger partial charge in [0.05, 0.1) is 12.1 Å². The molecule has 0 saturated heterocycles. The zero-order valence-corrected chi connectivity index (χ0v) is 16.1. The van der Waals surface area contributed by atoms with E-state index in [1.54, 1.807) is 0 Å². The van der Waals surface area contributed by atoms with Crippen LogP contribution in [0.4, 0.5) is 0 Å². The van der Waals surface area contributed by atoms with Gasteiger partial charge in [-0.05, 0) is 39.2 Å². The summed E-state index contributed by atoms with van der Waals surface area (Å²) in [7, 11) is 0. The van der Waals surface area contributed by atoms with Crippen molar-refractivity contribution < 1.29 is 24.6 Å². The summed E-state index contributed by atoms with van der Waals surface area (Å²) in [5, 5.41) is 23.8. The minimum Gasteiger partial charge on any atom is -0.480 e. The van der Waals surface area contributed by atoms with Gasteiger partial charge in [0.25, 0.3) is 0 Å². The molecule has 0 aliphatic carbocycles. The molecule has 0 aromatic rings. The molecule has 162 valence electrons. The molecule has 0 bridgehead atoms. The molecule has 0 fully saturated rings. The highest BCUT2D eigenvalue weighted by Gasteiger charge is 2.30. The highest BCUT2D eigenvalue weighted by Crippen LogP contribution is 2.03. The van der Waals surface area contributed by atoms with Crippen LogP contribution in [0.2, 0.25) is 0 Å². The summed E-state index contributed by atoms with van der Waals surface area (Å²) in [5.41, 5.74) is 21.5. The maximum atomic E-state index is 12.4. The number of carbonyl (C=O) groups is 3. The number of aliphatic hydroxyl groups is 1. The van der Waals surface area contributed by atoms with E-state index in [1.165, 1.54) is 6.92 Å². The lowest BCUT2D eigenvalue weighted by Gasteiger charge is -2.24. The average molecular weight is 403 g/mol. The molecule has 12 N–H and O–H groups in total. The van der Waals surface area contributed by atoms with Crippen molar-refractivity contribution in [1.29, 1.82) is 0 Å². The van der Waals surface area contributed by atoms with Crippen LogP contribution in [0.5, 0.6) is 0 Å². The molecule has 28 heavy (non-hydrogen) atoms. The molecular weight excluding hydrogens is 370 g/mol. The van der Waals surface area contributed by atoms with E-state index < -0.39 is 42.0 Å². The lowest BCUT2D eigenvalue weighted by Crippen LogP contribution is -2.58. The van der Waals surface area contributed by atoms with Gasteiger partial charge in [-0.25, -0.2) is 4.79 Å². The van der Waals surface area contributed by atoms with Crippen molar-refractivity contribution in [2.75, 3.05) is 13.1 Å². The molecule has 4 atom stereocenters. The summed E-state index contributed by atoms with van der Waals surface area (Å²) in [6.07, 6.45) is 0.856. The average Bonchev–Trinajstić information content (AvgIpc) is 2.61. The van der Waals surface area contributed by atoms with Crippen LogP contribution in [0.15, 0.2) is 4.99 Å². The molecule has 0 aromatic heterocycles. The Kier molecular flexibility index (Phi) is 12.5.